The predicted molar refractivity (Wildman–Crippen MR) is 125 cm³/mol. The first-order chi connectivity index (χ1) is 15.7. The predicted octanol–water partition coefficient (Wildman–Crippen LogP) is 2.28. The number of piperidine rings is 1. The molecule has 8 heteroatoms. The molecule has 3 heterocycles. The standard InChI is InChI=1S/C25H34FN5O2/c1-19-13-22(28-18-27-19)31-12-9-25(33,17-31)16-30(3)23(32)24(7-10-29(2)11-8-24)15-20-5-4-6-21(26)14-20/h4-6,13-14,18,33H,7-12,15-17H2,1-3H3/t25-/m0/s1. The highest BCUT2D eigenvalue weighted by molar-refractivity contribution is 5.83. The van der Waals surface area contributed by atoms with Crippen molar-refractivity contribution in [1.82, 2.24) is 19.8 Å². The number of aliphatic hydroxyl groups is 1. The fourth-order valence-electron chi connectivity index (χ4n) is 5.26. The highest BCUT2D eigenvalue weighted by Crippen LogP contribution is 2.38. The number of carbonyl (C=O) groups excluding carboxylic acids is 1. The van der Waals surface area contributed by atoms with Crippen LogP contribution in [0.3, 0.4) is 0 Å². The Kier molecular flexibility index (Phi) is 6.68. The molecule has 0 saturated carbocycles. The van der Waals surface area contributed by atoms with E-state index in [0.29, 0.717) is 38.8 Å². The molecule has 7 nitrogen and oxygen atoms in total. The van der Waals surface area contributed by atoms with Crippen LogP contribution in [0.4, 0.5) is 10.2 Å². The first kappa shape index (κ1) is 23.6. The van der Waals surface area contributed by atoms with Gasteiger partial charge in [-0.05, 0) is 70.4 Å². The lowest BCUT2D eigenvalue weighted by molar-refractivity contribution is -0.146. The van der Waals surface area contributed by atoms with Crippen molar-refractivity contribution in [1.29, 1.82) is 0 Å². The summed E-state index contributed by atoms with van der Waals surface area (Å²) in [6, 6.07) is 8.46. The van der Waals surface area contributed by atoms with Gasteiger partial charge in [0.2, 0.25) is 5.91 Å². The second-order valence-corrected chi connectivity index (χ2v) is 9.97. The minimum Gasteiger partial charge on any atom is -0.386 e. The molecule has 1 amide bonds. The molecular formula is C25H34FN5O2. The zero-order valence-electron chi connectivity index (χ0n) is 19.8. The summed E-state index contributed by atoms with van der Waals surface area (Å²) in [6.45, 7) is 4.90. The number of carbonyl (C=O) groups is 1. The summed E-state index contributed by atoms with van der Waals surface area (Å²) in [4.78, 5) is 28.3. The van der Waals surface area contributed by atoms with Gasteiger partial charge in [0, 0.05) is 31.9 Å². The van der Waals surface area contributed by atoms with Crippen molar-refractivity contribution in [2.24, 2.45) is 5.41 Å². The molecule has 1 N–H and O–H groups in total. The summed E-state index contributed by atoms with van der Waals surface area (Å²) in [5, 5.41) is 11.3. The molecule has 178 valence electrons. The third-order valence-corrected chi connectivity index (χ3v) is 7.15. The molecule has 33 heavy (non-hydrogen) atoms. The van der Waals surface area contributed by atoms with Gasteiger partial charge in [-0.15, -0.1) is 0 Å². The number of likely N-dealkylation sites (tertiary alicyclic amines) is 1. The van der Waals surface area contributed by atoms with Gasteiger partial charge in [0.15, 0.2) is 0 Å². The van der Waals surface area contributed by atoms with Gasteiger partial charge >= 0.3 is 0 Å². The number of aryl methyl sites for hydroxylation is 1. The van der Waals surface area contributed by atoms with E-state index < -0.39 is 11.0 Å². The van der Waals surface area contributed by atoms with Crippen LogP contribution in [0.5, 0.6) is 0 Å². The fourth-order valence-corrected chi connectivity index (χ4v) is 5.26. The van der Waals surface area contributed by atoms with E-state index in [1.54, 1.807) is 18.0 Å². The van der Waals surface area contributed by atoms with Gasteiger partial charge in [-0.2, -0.15) is 0 Å². The van der Waals surface area contributed by atoms with Gasteiger partial charge < -0.3 is 19.8 Å². The quantitative estimate of drug-likeness (QED) is 0.721. The van der Waals surface area contributed by atoms with Crippen molar-refractivity contribution in [3.63, 3.8) is 0 Å². The second kappa shape index (κ2) is 9.35. The molecule has 0 bridgehead atoms. The van der Waals surface area contributed by atoms with Crippen LogP contribution < -0.4 is 4.90 Å². The number of rotatable bonds is 6. The topological polar surface area (TPSA) is 72.8 Å². The Morgan fingerprint density at radius 1 is 1.18 bits per heavy atom. The third-order valence-electron chi connectivity index (χ3n) is 7.15. The molecule has 2 aliphatic rings. The molecule has 4 rings (SSSR count). The van der Waals surface area contributed by atoms with Gasteiger partial charge in [0.05, 0.1) is 12.0 Å². The minimum atomic E-state index is -1.01. The summed E-state index contributed by atoms with van der Waals surface area (Å²) >= 11 is 0. The van der Waals surface area contributed by atoms with E-state index in [2.05, 4.69) is 21.9 Å². The molecule has 0 aliphatic carbocycles. The molecule has 1 aromatic heterocycles. The van der Waals surface area contributed by atoms with Crippen LogP contribution in [0.1, 0.15) is 30.5 Å². The van der Waals surface area contributed by atoms with Crippen LogP contribution >= 0.6 is 0 Å². The van der Waals surface area contributed by atoms with Crippen LogP contribution in [-0.4, -0.2) is 83.2 Å². The summed E-state index contributed by atoms with van der Waals surface area (Å²) in [5.41, 5.74) is 0.123. The van der Waals surface area contributed by atoms with Gasteiger partial charge in [-0.1, -0.05) is 12.1 Å². The number of hydrogen-bond acceptors (Lipinski definition) is 6. The van der Waals surface area contributed by atoms with E-state index >= 15 is 0 Å². The zero-order valence-corrected chi connectivity index (χ0v) is 19.8. The van der Waals surface area contributed by atoms with Crippen molar-refractivity contribution in [2.45, 2.75) is 38.2 Å². The van der Waals surface area contributed by atoms with Gasteiger partial charge in [0.25, 0.3) is 0 Å². The number of β-amino-alcohol motifs (C(OH)–C–C–N with tert-alkyl or cyclic N) is 1. The Bertz CT molecular complexity index is 994. The summed E-state index contributed by atoms with van der Waals surface area (Å²) < 4.78 is 13.8. The van der Waals surface area contributed by atoms with Crippen molar-refractivity contribution in [2.75, 3.05) is 51.7 Å². The molecule has 0 spiro atoms. The molecule has 2 fully saturated rings. The number of likely N-dealkylation sites (N-methyl/N-ethyl adjacent to an activating group) is 1. The number of benzene rings is 1. The average Bonchev–Trinajstić information content (AvgIpc) is 3.16. The third kappa shape index (κ3) is 5.33. The minimum absolute atomic E-state index is 0.0321. The van der Waals surface area contributed by atoms with E-state index in [9.17, 15) is 14.3 Å². The lowest BCUT2D eigenvalue weighted by Gasteiger charge is -2.43. The smallest absolute Gasteiger partial charge is 0.229 e. The Labute approximate surface area is 195 Å². The molecule has 1 aromatic carbocycles. The van der Waals surface area contributed by atoms with E-state index in [1.165, 1.54) is 18.5 Å². The van der Waals surface area contributed by atoms with Crippen LogP contribution in [-0.2, 0) is 11.2 Å². The zero-order chi connectivity index (χ0) is 23.6. The normalized spacial score (nSPS) is 23.0. The maximum atomic E-state index is 13.8. The van der Waals surface area contributed by atoms with E-state index in [4.69, 9.17) is 0 Å². The molecule has 2 aromatic rings. The highest BCUT2D eigenvalue weighted by Gasteiger charge is 2.45. The fraction of sp³-hybridized carbons (Fsp3) is 0.560. The Morgan fingerprint density at radius 2 is 1.94 bits per heavy atom. The number of aromatic nitrogens is 2. The van der Waals surface area contributed by atoms with Crippen molar-refractivity contribution in [3.05, 3.63) is 53.7 Å². The van der Waals surface area contributed by atoms with Gasteiger partial charge in [0.1, 0.15) is 23.6 Å². The number of nitrogens with zero attached hydrogens (tertiary/aromatic N) is 5. The van der Waals surface area contributed by atoms with E-state index in [0.717, 1.165) is 30.2 Å². The van der Waals surface area contributed by atoms with Crippen molar-refractivity contribution >= 4 is 11.7 Å². The maximum Gasteiger partial charge on any atom is 0.229 e. The second-order valence-electron chi connectivity index (χ2n) is 9.97. The SMILES string of the molecule is Cc1cc(N2CC[C@](O)(CN(C)C(=O)C3(Cc4cccc(F)c4)CCN(C)CC3)C2)ncn1. The summed E-state index contributed by atoms with van der Waals surface area (Å²) in [7, 11) is 3.84. The molecule has 0 radical (unpaired) electrons. The van der Waals surface area contributed by atoms with Crippen molar-refractivity contribution in [3.8, 4) is 0 Å². The van der Waals surface area contributed by atoms with Crippen LogP contribution in [0.2, 0.25) is 0 Å². The Hall–Kier alpha value is -2.58. The van der Waals surface area contributed by atoms with Crippen molar-refractivity contribution < 1.29 is 14.3 Å². The monoisotopic (exact) mass is 455 g/mol. The lowest BCUT2D eigenvalue weighted by atomic mass is 9.72. The van der Waals surface area contributed by atoms with Gasteiger partial charge in [-0.3, -0.25) is 4.79 Å². The first-order valence-corrected chi connectivity index (χ1v) is 11.6. The Morgan fingerprint density at radius 3 is 2.64 bits per heavy atom. The van der Waals surface area contributed by atoms with Crippen LogP contribution in [0.25, 0.3) is 0 Å². The molecular weight excluding hydrogens is 421 g/mol. The first-order valence-electron chi connectivity index (χ1n) is 11.6. The van der Waals surface area contributed by atoms with E-state index in [1.807, 2.05) is 24.0 Å². The van der Waals surface area contributed by atoms with E-state index in [-0.39, 0.29) is 18.3 Å². The maximum absolute atomic E-state index is 13.8. The molecule has 2 saturated heterocycles. The molecule has 2 aliphatic heterocycles. The lowest BCUT2D eigenvalue weighted by Crippen LogP contribution is -2.53. The number of halogens is 1. The van der Waals surface area contributed by atoms with Crippen LogP contribution in [0.15, 0.2) is 36.7 Å². The number of amides is 1. The Balaban J connectivity index is 1.48. The molecule has 1 atom stereocenters. The summed E-state index contributed by atoms with van der Waals surface area (Å²) in [6.07, 6.45) is 4.04. The number of anilines is 1. The average molecular weight is 456 g/mol. The highest BCUT2D eigenvalue weighted by atomic mass is 19.1. The van der Waals surface area contributed by atoms with Gasteiger partial charge in [-0.25, -0.2) is 14.4 Å². The molecule has 0 unspecified atom stereocenters. The van der Waals surface area contributed by atoms with Crippen LogP contribution in [0, 0.1) is 18.2 Å². The number of hydrogen-bond donors (Lipinski definition) is 1. The summed E-state index contributed by atoms with van der Waals surface area (Å²) in [5.74, 6) is 0.548. The largest absolute Gasteiger partial charge is 0.386 e.